The molecule has 0 atom stereocenters. The number of hydrogen-bond acceptors (Lipinski definition) is 2. The van der Waals surface area contributed by atoms with E-state index < -0.39 is 0 Å². The molecule has 0 aromatic rings. The van der Waals surface area contributed by atoms with Crippen molar-refractivity contribution in [2.45, 2.75) is 32.6 Å². The molecule has 0 aromatic carbocycles. The lowest BCUT2D eigenvalue weighted by Crippen LogP contribution is -2.21. The topological polar surface area (TPSA) is 12.5 Å². The molecule has 0 radical (unpaired) electrons. The molecule has 0 rings (SSSR count). The molecule has 11 heavy (non-hydrogen) atoms. The Kier molecular flexibility index (Phi) is 7.96. The van der Waals surface area contributed by atoms with Crippen LogP contribution in [-0.4, -0.2) is 32.3 Å². The summed E-state index contributed by atoms with van der Waals surface area (Å²) < 4.78 is 4.99. The molecular weight excluding hydrogens is 138 g/mol. The second-order valence-electron chi connectivity index (χ2n) is 3.06. The molecule has 0 aliphatic rings. The van der Waals surface area contributed by atoms with Gasteiger partial charge in [-0.05, 0) is 20.0 Å². The van der Waals surface area contributed by atoms with E-state index in [4.69, 9.17) is 4.74 Å². The van der Waals surface area contributed by atoms with Gasteiger partial charge >= 0.3 is 0 Å². The van der Waals surface area contributed by atoms with Crippen molar-refractivity contribution < 1.29 is 4.74 Å². The number of hydrogen-bond donors (Lipinski definition) is 0. The van der Waals surface area contributed by atoms with Gasteiger partial charge in [0, 0.05) is 7.11 Å². The van der Waals surface area contributed by atoms with Crippen molar-refractivity contribution in [3.8, 4) is 0 Å². The van der Waals surface area contributed by atoms with E-state index in [1.807, 2.05) is 0 Å². The summed E-state index contributed by atoms with van der Waals surface area (Å²) in [6, 6.07) is 0. The predicted octanol–water partition coefficient (Wildman–Crippen LogP) is 2.10. The summed E-state index contributed by atoms with van der Waals surface area (Å²) in [4.78, 5) is 2.20. The van der Waals surface area contributed by atoms with Crippen LogP contribution in [0.1, 0.15) is 32.6 Å². The molecule has 0 saturated heterocycles. The van der Waals surface area contributed by atoms with Crippen molar-refractivity contribution in [2.24, 2.45) is 0 Å². The molecule has 2 heteroatoms. The Morgan fingerprint density at radius 2 is 1.91 bits per heavy atom. The van der Waals surface area contributed by atoms with Gasteiger partial charge in [0.15, 0.2) is 0 Å². The fourth-order valence-electron chi connectivity index (χ4n) is 1.09. The minimum absolute atomic E-state index is 0.756. The van der Waals surface area contributed by atoms with Crippen LogP contribution in [0.4, 0.5) is 0 Å². The summed E-state index contributed by atoms with van der Waals surface area (Å²) in [6.45, 7) is 4.15. The molecule has 0 aromatic heterocycles. The molecule has 2 nitrogen and oxygen atoms in total. The molecule has 0 unspecified atom stereocenters. The lowest BCUT2D eigenvalue weighted by Gasteiger charge is -2.14. The van der Waals surface area contributed by atoms with Gasteiger partial charge in [0.1, 0.15) is 0 Å². The van der Waals surface area contributed by atoms with Gasteiger partial charge in [-0.25, -0.2) is 0 Å². The van der Waals surface area contributed by atoms with Gasteiger partial charge in [-0.2, -0.15) is 0 Å². The first-order valence-electron chi connectivity index (χ1n) is 4.48. The Labute approximate surface area is 70.5 Å². The van der Waals surface area contributed by atoms with Crippen LogP contribution in [0.25, 0.3) is 0 Å². The zero-order valence-corrected chi connectivity index (χ0v) is 8.10. The van der Waals surface area contributed by atoms with E-state index >= 15 is 0 Å². The van der Waals surface area contributed by atoms with Gasteiger partial charge in [0.2, 0.25) is 0 Å². The van der Waals surface area contributed by atoms with E-state index in [0.29, 0.717) is 0 Å². The van der Waals surface area contributed by atoms with Gasteiger partial charge in [-0.1, -0.05) is 26.2 Å². The van der Waals surface area contributed by atoms with Crippen LogP contribution in [0.5, 0.6) is 0 Å². The van der Waals surface area contributed by atoms with E-state index in [0.717, 1.165) is 13.3 Å². The highest BCUT2D eigenvalue weighted by Gasteiger charge is 1.94. The Balaban J connectivity index is 2.97. The van der Waals surface area contributed by atoms with E-state index in [2.05, 4.69) is 18.9 Å². The van der Waals surface area contributed by atoms with Crippen molar-refractivity contribution in [3.05, 3.63) is 0 Å². The zero-order valence-electron chi connectivity index (χ0n) is 8.10. The maximum Gasteiger partial charge on any atom is 0.0983 e. The van der Waals surface area contributed by atoms with Crippen LogP contribution in [0.3, 0.4) is 0 Å². The van der Waals surface area contributed by atoms with E-state index in [9.17, 15) is 0 Å². The second-order valence-corrected chi connectivity index (χ2v) is 3.06. The Hall–Kier alpha value is -0.0800. The fraction of sp³-hybridized carbons (Fsp3) is 1.00. The molecule has 0 aliphatic carbocycles. The molecule has 0 bridgehead atoms. The Morgan fingerprint density at radius 3 is 2.45 bits per heavy atom. The molecule has 0 fully saturated rings. The highest BCUT2D eigenvalue weighted by Crippen LogP contribution is 1.99. The highest BCUT2D eigenvalue weighted by atomic mass is 16.5. The van der Waals surface area contributed by atoms with Crippen LogP contribution >= 0.6 is 0 Å². The second kappa shape index (κ2) is 8.02. The summed E-state index contributed by atoms with van der Waals surface area (Å²) in [5.41, 5.74) is 0. The molecule has 0 saturated carbocycles. The molecule has 0 spiro atoms. The van der Waals surface area contributed by atoms with E-state index in [1.54, 1.807) is 7.11 Å². The van der Waals surface area contributed by atoms with Gasteiger partial charge < -0.3 is 4.74 Å². The first-order valence-corrected chi connectivity index (χ1v) is 4.48. The molecule has 0 amide bonds. The lowest BCUT2D eigenvalue weighted by molar-refractivity contribution is 0.0807. The number of methoxy groups -OCH3 is 1. The van der Waals surface area contributed by atoms with Crippen molar-refractivity contribution in [1.29, 1.82) is 0 Å². The number of ether oxygens (including phenoxy) is 1. The fourth-order valence-corrected chi connectivity index (χ4v) is 1.09. The summed E-state index contributed by atoms with van der Waals surface area (Å²) >= 11 is 0. The highest BCUT2D eigenvalue weighted by molar-refractivity contribution is 4.46. The third-order valence-electron chi connectivity index (χ3n) is 1.74. The van der Waals surface area contributed by atoms with Crippen LogP contribution < -0.4 is 0 Å². The molecule has 0 heterocycles. The minimum atomic E-state index is 0.756. The third kappa shape index (κ3) is 7.82. The third-order valence-corrected chi connectivity index (χ3v) is 1.74. The smallest absolute Gasteiger partial charge is 0.0983 e. The van der Waals surface area contributed by atoms with Crippen molar-refractivity contribution in [3.63, 3.8) is 0 Å². The lowest BCUT2D eigenvalue weighted by atomic mass is 10.2. The van der Waals surface area contributed by atoms with Crippen LogP contribution in [0.15, 0.2) is 0 Å². The van der Waals surface area contributed by atoms with Crippen LogP contribution in [0.2, 0.25) is 0 Å². The largest absolute Gasteiger partial charge is 0.369 e. The monoisotopic (exact) mass is 159 g/mol. The van der Waals surface area contributed by atoms with Crippen molar-refractivity contribution in [1.82, 2.24) is 4.90 Å². The van der Waals surface area contributed by atoms with Crippen LogP contribution in [-0.2, 0) is 4.74 Å². The summed E-state index contributed by atoms with van der Waals surface area (Å²) in [6.07, 6.45) is 5.33. The van der Waals surface area contributed by atoms with Gasteiger partial charge in [0.25, 0.3) is 0 Å². The van der Waals surface area contributed by atoms with Gasteiger partial charge in [-0.3, -0.25) is 4.90 Å². The first kappa shape index (κ1) is 10.9. The summed E-state index contributed by atoms with van der Waals surface area (Å²) in [5, 5.41) is 0. The predicted molar refractivity (Wildman–Crippen MR) is 48.6 cm³/mol. The van der Waals surface area contributed by atoms with Gasteiger partial charge in [-0.15, -0.1) is 0 Å². The average molecular weight is 159 g/mol. The van der Waals surface area contributed by atoms with Crippen LogP contribution in [0, 0.1) is 0 Å². The van der Waals surface area contributed by atoms with E-state index in [1.165, 1.54) is 25.7 Å². The quantitative estimate of drug-likeness (QED) is 0.416. The Morgan fingerprint density at radius 1 is 1.18 bits per heavy atom. The molecular formula is C9H21NO. The maximum atomic E-state index is 4.99. The zero-order chi connectivity index (χ0) is 8.53. The molecule has 0 aliphatic heterocycles. The first-order chi connectivity index (χ1) is 5.31. The SMILES string of the molecule is CCCCCCN(C)COC. The number of nitrogens with zero attached hydrogens (tertiary/aromatic N) is 1. The number of unbranched alkanes of at least 4 members (excludes halogenated alkanes) is 3. The summed E-state index contributed by atoms with van der Waals surface area (Å²) in [7, 11) is 3.83. The van der Waals surface area contributed by atoms with E-state index in [-0.39, 0.29) is 0 Å². The minimum Gasteiger partial charge on any atom is -0.369 e. The normalized spacial score (nSPS) is 10.9. The maximum absolute atomic E-state index is 4.99. The summed E-state index contributed by atoms with van der Waals surface area (Å²) in [5.74, 6) is 0. The Bertz CT molecular complexity index is 76.0. The molecule has 68 valence electrons. The van der Waals surface area contributed by atoms with Crippen molar-refractivity contribution in [2.75, 3.05) is 27.4 Å². The molecule has 0 N–H and O–H groups in total. The van der Waals surface area contributed by atoms with Gasteiger partial charge in [0.05, 0.1) is 6.73 Å². The van der Waals surface area contributed by atoms with Crippen molar-refractivity contribution >= 4 is 0 Å². The number of rotatable bonds is 7. The average Bonchev–Trinajstić information content (AvgIpc) is 1.99. The standard InChI is InChI=1S/C9H21NO/c1-4-5-6-7-8-10(2)9-11-3/h4-9H2,1-3H3.